The summed E-state index contributed by atoms with van der Waals surface area (Å²) in [5.74, 6) is -0.195. The Morgan fingerprint density at radius 1 is 1.00 bits per heavy atom. The van der Waals surface area contributed by atoms with Crippen LogP contribution in [0.4, 0.5) is 5.69 Å². The number of carbonyl (C=O) groups excluding carboxylic acids is 1. The second kappa shape index (κ2) is 10.7. The van der Waals surface area contributed by atoms with E-state index in [-0.39, 0.29) is 10.6 Å². The normalized spacial score (nSPS) is 11.2. The van der Waals surface area contributed by atoms with Gasteiger partial charge in [0.05, 0.1) is 10.6 Å². The van der Waals surface area contributed by atoms with Crippen molar-refractivity contribution in [3.05, 3.63) is 88.9 Å². The molecule has 168 valence electrons. The molecule has 3 aromatic carbocycles. The Balaban J connectivity index is 1.93. The van der Waals surface area contributed by atoms with Crippen molar-refractivity contribution in [3.8, 4) is 5.75 Å². The lowest BCUT2D eigenvalue weighted by atomic mass is 10.1. The Labute approximate surface area is 194 Å². The molecule has 0 atom stereocenters. The first-order chi connectivity index (χ1) is 15.3. The fraction of sp³-hybridized carbons (Fsp3) is 0.240. The minimum atomic E-state index is -4.17. The lowest BCUT2D eigenvalue weighted by molar-refractivity contribution is -0.119. The van der Waals surface area contributed by atoms with Crippen LogP contribution < -0.4 is 9.04 Å². The van der Waals surface area contributed by atoms with E-state index in [1.807, 2.05) is 31.2 Å². The molecule has 3 aromatic rings. The van der Waals surface area contributed by atoms with Gasteiger partial charge >= 0.3 is 0 Å². The molecule has 3 rings (SSSR count). The van der Waals surface area contributed by atoms with E-state index < -0.39 is 22.5 Å². The number of ether oxygens (including phenoxy) is 1. The molecule has 5 nitrogen and oxygen atoms in total. The van der Waals surface area contributed by atoms with Crippen molar-refractivity contribution >= 4 is 33.2 Å². The molecule has 32 heavy (non-hydrogen) atoms. The molecule has 0 aliphatic rings. The molecule has 0 N–H and O–H groups in total. The molecular weight excluding hydrogens is 446 g/mol. The second-order valence-electron chi connectivity index (χ2n) is 7.49. The summed E-state index contributed by atoms with van der Waals surface area (Å²) in [5, 5.41) is 0.407. The van der Waals surface area contributed by atoms with Crippen LogP contribution in [0.5, 0.6) is 5.75 Å². The predicted molar refractivity (Wildman–Crippen MR) is 128 cm³/mol. The molecule has 0 aromatic heterocycles. The minimum absolute atomic E-state index is 0.0270. The van der Waals surface area contributed by atoms with Crippen LogP contribution in [-0.4, -0.2) is 20.9 Å². The zero-order chi connectivity index (χ0) is 23.1. The summed E-state index contributed by atoms with van der Waals surface area (Å²) in [6.07, 6.45) is 2.99. The smallest absolute Gasteiger partial charge is 0.278 e. The standard InChI is InChI=1S/C25H26ClNO4S/c1-3-4-7-20-9-13-22(14-10-20)27(32(29,30)24-15-11-21(26)12-16-24)25(28)18-31-23-8-5-6-19(2)17-23/h5-6,8-17H,3-4,7,18H2,1-2H3. The van der Waals surface area contributed by atoms with Crippen LogP contribution in [0.3, 0.4) is 0 Å². The van der Waals surface area contributed by atoms with E-state index in [0.29, 0.717) is 10.8 Å². The van der Waals surface area contributed by atoms with Crippen molar-refractivity contribution in [1.29, 1.82) is 0 Å². The molecule has 1 amide bonds. The van der Waals surface area contributed by atoms with Gasteiger partial charge in [0.15, 0.2) is 6.61 Å². The highest BCUT2D eigenvalue weighted by molar-refractivity contribution is 7.93. The molecule has 0 radical (unpaired) electrons. The van der Waals surface area contributed by atoms with Gasteiger partial charge in [-0.2, -0.15) is 4.31 Å². The maximum atomic E-state index is 13.4. The topological polar surface area (TPSA) is 63.7 Å². The van der Waals surface area contributed by atoms with Gasteiger partial charge in [0.2, 0.25) is 0 Å². The molecule has 0 unspecified atom stereocenters. The summed E-state index contributed by atoms with van der Waals surface area (Å²) in [5.41, 5.74) is 2.32. The maximum absolute atomic E-state index is 13.4. The Morgan fingerprint density at radius 2 is 1.69 bits per heavy atom. The number of nitrogens with zero attached hydrogens (tertiary/aromatic N) is 1. The van der Waals surface area contributed by atoms with Crippen molar-refractivity contribution in [2.75, 3.05) is 10.9 Å². The van der Waals surface area contributed by atoms with Gasteiger partial charge < -0.3 is 4.74 Å². The molecule has 0 saturated heterocycles. The van der Waals surface area contributed by atoms with Crippen molar-refractivity contribution in [1.82, 2.24) is 0 Å². The number of aryl methyl sites for hydroxylation is 2. The van der Waals surface area contributed by atoms with E-state index in [1.54, 1.807) is 24.3 Å². The number of carbonyl (C=O) groups is 1. The quantitative estimate of drug-likeness (QED) is 0.396. The van der Waals surface area contributed by atoms with Crippen molar-refractivity contribution in [2.24, 2.45) is 0 Å². The largest absolute Gasteiger partial charge is 0.484 e. The highest BCUT2D eigenvalue weighted by atomic mass is 35.5. The van der Waals surface area contributed by atoms with E-state index in [2.05, 4.69) is 6.92 Å². The SMILES string of the molecule is CCCCc1ccc(N(C(=O)COc2cccc(C)c2)S(=O)(=O)c2ccc(Cl)cc2)cc1. The average Bonchev–Trinajstić information content (AvgIpc) is 2.77. The fourth-order valence-electron chi connectivity index (χ4n) is 3.22. The molecule has 0 aliphatic carbocycles. The summed E-state index contributed by atoms with van der Waals surface area (Å²) in [4.78, 5) is 13.1. The fourth-order valence-corrected chi connectivity index (χ4v) is 4.75. The van der Waals surface area contributed by atoms with E-state index >= 15 is 0 Å². The van der Waals surface area contributed by atoms with Gasteiger partial charge in [-0.1, -0.05) is 49.2 Å². The van der Waals surface area contributed by atoms with E-state index in [1.165, 1.54) is 24.3 Å². The van der Waals surface area contributed by atoms with Gasteiger partial charge in [0.25, 0.3) is 15.9 Å². The number of hydrogen-bond acceptors (Lipinski definition) is 4. The van der Waals surface area contributed by atoms with E-state index in [9.17, 15) is 13.2 Å². The molecule has 0 heterocycles. The minimum Gasteiger partial charge on any atom is -0.484 e. The highest BCUT2D eigenvalue weighted by Gasteiger charge is 2.31. The van der Waals surface area contributed by atoms with Crippen LogP contribution in [0.15, 0.2) is 77.7 Å². The van der Waals surface area contributed by atoms with Gasteiger partial charge in [0.1, 0.15) is 5.75 Å². The van der Waals surface area contributed by atoms with Gasteiger partial charge in [-0.05, 0) is 79.4 Å². The van der Waals surface area contributed by atoms with Crippen LogP contribution >= 0.6 is 11.6 Å². The van der Waals surface area contributed by atoms with Crippen LogP contribution in [-0.2, 0) is 21.2 Å². The van der Waals surface area contributed by atoms with Crippen LogP contribution in [0.1, 0.15) is 30.9 Å². The first kappa shape index (κ1) is 23.8. The number of anilines is 1. The summed E-state index contributed by atoms with van der Waals surface area (Å²) >= 11 is 5.91. The number of sulfonamides is 1. The molecule has 0 aliphatic heterocycles. The van der Waals surface area contributed by atoms with Crippen molar-refractivity contribution < 1.29 is 17.9 Å². The van der Waals surface area contributed by atoms with E-state index in [4.69, 9.17) is 16.3 Å². The third-order valence-electron chi connectivity index (χ3n) is 4.92. The summed E-state index contributed by atoms with van der Waals surface area (Å²) in [6, 6.07) is 20.0. The van der Waals surface area contributed by atoms with Gasteiger partial charge in [-0.25, -0.2) is 8.42 Å². The molecule has 0 saturated carbocycles. The zero-order valence-corrected chi connectivity index (χ0v) is 19.7. The monoisotopic (exact) mass is 471 g/mol. The maximum Gasteiger partial charge on any atom is 0.278 e. The first-order valence-corrected chi connectivity index (χ1v) is 12.2. The molecule has 7 heteroatoms. The summed E-state index contributed by atoms with van der Waals surface area (Å²) < 4.78 is 33.2. The predicted octanol–water partition coefficient (Wildman–Crippen LogP) is 5.79. The van der Waals surface area contributed by atoms with Gasteiger partial charge in [0, 0.05) is 5.02 Å². The van der Waals surface area contributed by atoms with Crippen molar-refractivity contribution in [2.45, 2.75) is 38.0 Å². The number of unbranched alkanes of at least 4 members (excludes halogenated alkanes) is 1. The number of halogens is 1. The number of rotatable bonds is 9. The zero-order valence-electron chi connectivity index (χ0n) is 18.1. The van der Waals surface area contributed by atoms with Crippen LogP contribution in [0.2, 0.25) is 5.02 Å². The molecule has 0 fully saturated rings. The lowest BCUT2D eigenvalue weighted by Gasteiger charge is -2.23. The lowest BCUT2D eigenvalue weighted by Crippen LogP contribution is -2.40. The average molecular weight is 472 g/mol. The second-order valence-corrected chi connectivity index (χ2v) is 9.72. The van der Waals surface area contributed by atoms with Gasteiger partial charge in [-0.3, -0.25) is 4.79 Å². The van der Waals surface area contributed by atoms with E-state index in [0.717, 1.165) is 34.7 Å². The van der Waals surface area contributed by atoms with Gasteiger partial charge in [-0.15, -0.1) is 0 Å². The molecular formula is C25H26ClNO4S. The third-order valence-corrected chi connectivity index (χ3v) is 6.94. The molecule has 0 spiro atoms. The molecule has 0 bridgehead atoms. The number of hydrogen-bond donors (Lipinski definition) is 0. The number of benzene rings is 3. The Hall–Kier alpha value is -2.83. The third kappa shape index (κ3) is 5.90. The number of amides is 1. The summed E-state index contributed by atoms with van der Waals surface area (Å²) in [6.45, 7) is 3.60. The highest BCUT2D eigenvalue weighted by Crippen LogP contribution is 2.26. The Kier molecular flexibility index (Phi) is 7.94. The first-order valence-electron chi connectivity index (χ1n) is 10.4. The Bertz CT molecular complexity index is 1160. The Morgan fingerprint density at radius 3 is 2.31 bits per heavy atom. The van der Waals surface area contributed by atoms with Crippen LogP contribution in [0, 0.1) is 6.92 Å². The summed E-state index contributed by atoms with van der Waals surface area (Å²) in [7, 11) is -4.17. The van der Waals surface area contributed by atoms with Crippen molar-refractivity contribution in [3.63, 3.8) is 0 Å². The van der Waals surface area contributed by atoms with Crippen LogP contribution in [0.25, 0.3) is 0 Å².